The van der Waals surface area contributed by atoms with Gasteiger partial charge in [0.2, 0.25) is 0 Å². The summed E-state index contributed by atoms with van der Waals surface area (Å²) in [6.07, 6.45) is 0. The number of benzene rings is 1. The van der Waals surface area contributed by atoms with Crippen LogP contribution in [0, 0.1) is 0 Å². The Balaban J connectivity index is 2.59. The summed E-state index contributed by atoms with van der Waals surface area (Å²) in [5, 5.41) is 3.16. The summed E-state index contributed by atoms with van der Waals surface area (Å²) in [7, 11) is 0. The van der Waals surface area contributed by atoms with E-state index in [1.54, 1.807) is 24.3 Å². The highest BCUT2D eigenvalue weighted by Gasteiger charge is 2.02. The molecule has 14 heavy (non-hydrogen) atoms. The van der Waals surface area contributed by atoms with Gasteiger partial charge in [0.05, 0.1) is 5.69 Å². The minimum atomic E-state index is -0.234. The molecule has 5 heteroatoms. The van der Waals surface area contributed by atoms with Crippen molar-refractivity contribution >= 4 is 17.4 Å². The number of H-pyrrole nitrogens is 1. The molecular formula is C9H8ClN3O. The molecule has 0 saturated carbocycles. The molecule has 1 aromatic heterocycles. The Morgan fingerprint density at radius 1 is 1.36 bits per heavy atom. The van der Waals surface area contributed by atoms with Crippen LogP contribution in [0.1, 0.15) is 0 Å². The molecule has 72 valence electrons. The Bertz CT molecular complexity index is 515. The van der Waals surface area contributed by atoms with Crippen molar-refractivity contribution in [1.82, 2.24) is 9.78 Å². The van der Waals surface area contributed by atoms with Crippen LogP contribution in [0.2, 0.25) is 5.02 Å². The van der Waals surface area contributed by atoms with Crippen LogP contribution in [0.15, 0.2) is 35.1 Å². The lowest BCUT2D eigenvalue weighted by Crippen LogP contribution is -2.04. The molecule has 1 aromatic carbocycles. The van der Waals surface area contributed by atoms with Crippen LogP contribution >= 0.6 is 11.6 Å². The first-order chi connectivity index (χ1) is 6.66. The van der Waals surface area contributed by atoms with Gasteiger partial charge in [-0.05, 0) is 18.2 Å². The van der Waals surface area contributed by atoms with E-state index in [1.165, 1.54) is 10.7 Å². The van der Waals surface area contributed by atoms with Crippen molar-refractivity contribution in [1.29, 1.82) is 0 Å². The van der Waals surface area contributed by atoms with Crippen LogP contribution < -0.4 is 11.3 Å². The fourth-order valence-corrected chi connectivity index (χ4v) is 1.42. The van der Waals surface area contributed by atoms with Crippen molar-refractivity contribution in [3.63, 3.8) is 0 Å². The zero-order chi connectivity index (χ0) is 10.1. The summed E-state index contributed by atoms with van der Waals surface area (Å²) in [4.78, 5) is 11.0. The first kappa shape index (κ1) is 8.90. The average Bonchev–Trinajstić information content (AvgIpc) is 2.45. The standard InChI is InChI=1S/C9H8ClN3O/c10-6-2-1-3-7(4-6)13-8(11)5-9(14)12-13/h1-5H,11H2,(H,12,14). The largest absolute Gasteiger partial charge is 0.384 e. The lowest BCUT2D eigenvalue weighted by molar-refractivity contribution is 0.874. The van der Waals surface area contributed by atoms with E-state index < -0.39 is 0 Å². The van der Waals surface area contributed by atoms with Crippen molar-refractivity contribution in [3.8, 4) is 5.69 Å². The maximum Gasteiger partial charge on any atom is 0.266 e. The van der Waals surface area contributed by atoms with E-state index in [0.29, 0.717) is 10.8 Å². The van der Waals surface area contributed by atoms with Crippen LogP contribution in [-0.2, 0) is 0 Å². The number of aromatic amines is 1. The number of nitrogens with one attached hydrogen (secondary N) is 1. The Morgan fingerprint density at radius 3 is 2.71 bits per heavy atom. The van der Waals surface area contributed by atoms with Crippen molar-refractivity contribution in [2.24, 2.45) is 0 Å². The van der Waals surface area contributed by atoms with Crippen molar-refractivity contribution in [2.45, 2.75) is 0 Å². The van der Waals surface area contributed by atoms with Crippen LogP contribution in [0.25, 0.3) is 5.69 Å². The van der Waals surface area contributed by atoms with E-state index in [4.69, 9.17) is 17.3 Å². The first-order valence-electron chi connectivity index (χ1n) is 4.00. The number of hydrogen-bond acceptors (Lipinski definition) is 2. The van der Waals surface area contributed by atoms with E-state index in [-0.39, 0.29) is 5.56 Å². The third-order valence-electron chi connectivity index (χ3n) is 1.83. The molecule has 0 saturated heterocycles. The predicted octanol–water partition coefficient (Wildman–Crippen LogP) is 1.40. The summed E-state index contributed by atoms with van der Waals surface area (Å²) < 4.78 is 1.48. The normalized spacial score (nSPS) is 10.4. The molecule has 0 unspecified atom stereocenters. The van der Waals surface area contributed by atoms with E-state index in [1.807, 2.05) is 0 Å². The van der Waals surface area contributed by atoms with Crippen molar-refractivity contribution in [3.05, 3.63) is 45.7 Å². The highest BCUT2D eigenvalue weighted by Crippen LogP contribution is 2.15. The molecule has 0 amide bonds. The van der Waals surface area contributed by atoms with Gasteiger partial charge in [-0.3, -0.25) is 9.89 Å². The van der Waals surface area contributed by atoms with E-state index >= 15 is 0 Å². The number of rotatable bonds is 1. The molecule has 0 radical (unpaired) electrons. The van der Waals surface area contributed by atoms with Gasteiger partial charge in [-0.2, -0.15) is 0 Å². The topological polar surface area (TPSA) is 63.8 Å². The fourth-order valence-electron chi connectivity index (χ4n) is 1.23. The van der Waals surface area contributed by atoms with Crippen molar-refractivity contribution in [2.75, 3.05) is 5.73 Å². The Hall–Kier alpha value is -1.68. The third-order valence-corrected chi connectivity index (χ3v) is 2.06. The second-order valence-electron chi connectivity index (χ2n) is 2.86. The minimum absolute atomic E-state index is 0.234. The fraction of sp³-hybridized carbons (Fsp3) is 0. The van der Waals surface area contributed by atoms with Gasteiger partial charge in [-0.1, -0.05) is 17.7 Å². The van der Waals surface area contributed by atoms with Gasteiger partial charge in [0.25, 0.3) is 5.56 Å². The van der Waals surface area contributed by atoms with Crippen LogP contribution in [0.4, 0.5) is 5.82 Å². The van der Waals surface area contributed by atoms with Gasteiger partial charge in [0, 0.05) is 11.1 Å². The smallest absolute Gasteiger partial charge is 0.266 e. The van der Waals surface area contributed by atoms with Crippen molar-refractivity contribution < 1.29 is 0 Å². The number of nitrogens with two attached hydrogens (primary N) is 1. The second-order valence-corrected chi connectivity index (χ2v) is 3.30. The summed E-state index contributed by atoms with van der Waals surface area (Å²) >= 11 is 5.81. The molecule has 3 N–H and O–H groups in total. The molecule has 0 bridgehead atoms. The summed E-state index contributed by atoms with van der Waals surface area (Å²) in [6.45, 7) is 0. The number of anilines is 1. The molecule has 0 atom stereocenters. The van der Waals surface area contributed by atoms with Gasteiger partial charge in [-0.15, -0.1) is 0 Å². The van der Waals surface area contributed by atoms with Crippen LogP contribution in [0.3, 0.4) is 0 Å². The molecule has 0 aliphatic rings. The minimum Gasteiger partial charge on any atom is -0.384 e. The molecule has 2 rings (SSSR count). The Morgan fingerprint density at radius 2 is 2.14 bits per heavy atom. The molecule has 0 spiro atoms. The molecular weight excluding hydrogens is 202 g/mol. The summed E-state index contributed by atoms with van der Waals surface area (Å²) in [6, 6.07) is 8.38. The lowest BCUT2D eigenvalue weighted by Gasteiger charge is -2.04. The average molecular weight is 210 g/mol. The van der Waals surface area contributed by atoms with Gasteiger partial charge in [0.1, 0.15) is 5.82 Å². The molecule has 0 aliphatic heterocycles. The number of aromatic nitrogens is 2. The zero-order valence-corrected chi connectivity index (χ0v) is 7.95. The van der Waals surface area contributed by atoms with Gasteiger partial charge in [0.15, 0.2) is 0 Å². The van der Waals surface area contributed by atoms with E-state index in [0.717, 1.165) is 5.69 Å². The monoisotopic (exact) mass is 209 g/mol. The zero-order valence-electron chi connectivity index (χ0n) is 7.20. The summed E-state index contributed by atoms with van der Waals surface area (Å²) in [5.41, 5.74) is 6.11. The van der Waals surface area contributed by atoms with Crippen LogP contribution in [0.5, 0.6) is 0 Å². The van der Waals surface area contributed by atoms with Gasteiger partial charge >= 0.3 is 0 Å². The maximum absolute atomic E-state index is 11.0. The number of nitrogens with zero attached hydrogens (tertiary/aromatic N) is 1. The molecule has 0 aliphatic carbocycles. The van der Waals surface area contributed by atoms with E-state index in [9.17, 15) is 4.79 Å². The highest BCUT2D eigenvalue weighted by molar-refractivity contribution is 6.30. The molecule has 2 aromatic rings. The SMILES string of the molecule is Nc1cc(=O)[nH]n1-c1cccc(Cl)c1. The lowest BCUT2D eigenvalue weighted by atomic mass is 10.3. The highest BCUT2D eigenvalue weighted by atomic mass is 35.5. The number of halogens is 1. The maximum atomic E-state index is 11.0. The summed E-state index contributed by atoms with van der Waals surface area (Å²) in [5.74, 6) is 0.359. The number of hydrogen-bond donors (Lipinski definition) is 2. The van der Waals surface area contributed by atoms with Gasteiger partial charge in [-0.25, -0.2) is 4.68 Å². The molecule has 1 heterocycles. The number of nitrogen functional groups attached to an aromatic ring is 1. The Kier molecular flexibility index (Phi) is 2.05. The van der Waals surface area contributed by atoms with Crippen LogP contribution in [-0.4, -0.2) is 9.78 Å². The van der Waals surface area contributed by atoms with E-state index in [2.05, 4.69) is 5.10 Å². The Labute approximate surface area is 84.9 Å². The quantitative estimate of drug-likeness (QED) is 0.746. The molecule has 4 nitrogen and oxygen atoms in total. The third kappa shape index (κ3) is 1.52. The first-order valence-corrected chi connectivity index (χ1v) is 4.38. The predicted molar refractivity (Wildman–Crippen MR) is 55.8 cm³/mol. The molecule has 0 fully saturated rings. The second kappa shape index (κ2) is 3.23. The van der Waals surface area contributed by atoms with Gasteiger partial charge < -0.3 is 5.73 Å².